The number of aromatic nitrogens is 1. The first kappa shape index (κ1) is 11.1. The van der Waals surface area contributed by atoms with Gasteiger partial charge in [0.25, 0.3) is 0 Å². The summed E-state index contributed by atoms with van der Waals surface area (Å²) in [6, 6.07) is 5.65. The highest BCUT2D eigenvalue weighted by molar-refractivity contribution is 7.80. The van der Waals surface area contributed by atoms with Crippen LogP contribution in [0.1, 0.15) is 6.42 Å². The zero-order chi connectivity index (χ0) is 10.4. The molecule has 0 bridgehead atoms. The maximum atomic E-state index is 10.2. The number of aryl methyl sites for hydroxylation is 1. The summed E-state index contributed by atoms with van der Waals surface area (Å²) in [7, 11) is -4.29. The van der Waals surface area contributed by atoms with Crippen LogP contribution in [0, 0.1) is 0 Å². The quantitative estimate of drug-likeness (QED) is 0.435. The molecule has 0 atom stereocenters. The van der Waals surface area contributed by atoms with Crippen LogP contribution in [0.25, 0.3) is 0 Å². The molecule has 6 heteroatoms. The minimum absolute atomic E-state index is 0.0132. The van der Waals surface area contributed by atoms with Gasteiger partial charge < -0.3 is 0 Å². The summed E-state index contributed by atoms with van der Waals surface area (Å²) in [4.78, 5) is 0. The van der Waals surface area contributed by atoms with E-state index >= 15 is 0 Å². The molecule has 0 aliphatic heterocycles. The van der Waals surface area contributed by atoms with Gasteiger partial charge in [0.2, 0.25) is 0 Å². The molecule has 5 nitrogen and oxygen atoms in total. The highest BCUT2D eigenvalue weighted by Crippen LogP contribution is 1.89. The molecule has 78 valence electrons. The summed E-state index contributed by atoms with van der Waals surface area (Å²) in [5.74, 6) is 0. The molecule has 0 unspecified atom stereocenters. The highest BCUT2D eigenvalue weighted by atomic mass is 32.3. The lowest BCUT2D eigenvalue weighted by molar-refractivity contribution is -0.697. The molecule has 1 rings (SSSR count). The molecule has 0 saturated heterocycles. The molecule has 0 saturated carbocycles. The van der Waals surface area contributed by atoms with Crippen LogP contribution in [0.3, 0.4) is 0 Å². The smallest absolute Gasteiger partial charge is 0.264 e. The molecule has 1 N–H and O–H groups in total. The van der Waals surface area contributed by atoms with Crippen LogP contribution in [0.4, 0.5) is 0 Å². The molecule has 0 radical (unpaired) electrons. The normalized spacial score (nSPS) is 11.5. The first-order valence-corrected chi connectivity index (χ1v) is 5.50. The molecule has 0 amide bonds. The van der Waals surface area contributed by atoms with E-state index < -0.39 is 10.4 Å². The molecule has 0 aromatic carbocycles. The number of nitrogens with zero attached hydrogens (tertiary/aromatic N) is 1. The molecule has 14 heavy (non-hydrogen) atoms. The Hall–Kier alpha value is -0.980. The van der Waals surface area contributed by atoms with Crippen molar-refractivity contribution in [2.24, 2.45) is 0 Å². The summed E-state index contributed by atoms with van der Waals surface area (Å²) in [6.45, 7) is 0.636. The van der Waals surface area contributed by atoms with Crippen molar-refractivity contribution in [2.75, 3.05) is 6.61 Å². The zero-order valence-corrected chi connectivity index (χ0v) is 8.35. The summed E-state index contributed by atoms with van der Waals surface area (Å²) in [5.41, 5.74) is 0. The first-order chi connectivity index (χ1) is 6.58. The van der Waals surface area contributed by atoms with E-state index in [-0.39, 0.29) is 6.61 Å². The number of hydrogen-bond acceptors (Lipinski definition) is 3. The monoisotopic (exact) mass is 218 g/mol. The average molecular weight is 218 g/mol. The molecule has 0 aliphatic rings. The lowest BCUT2D eigenvalue weighted by Crippen LogP contribution is -2.32. The number of rotatable bonds is 5. The fraction of sp³-hybridized carbons (Fsp3) is 0.375. The maximum Gasteiger partial charge on any atom is 0.397 e. The summed E-state index contributed by atoms with van der Waals surface area (Å²) >= 11 is 0. The SMILES string of the molecule is O=S(=O)(O)OCCC[n+]1ccccc1. The van der Waals surface area contributed by atoms with Gasteiger partial charge in [-0.3, -0.25) is 4.55 Å². The van der Waals surface area contributed by atoms with E-state index in [1.165, 1.54) is 0 Å². The second kappa shape index (κ2) is 5.04. The van der Waals surface area contributed by atoms with Gasteiger partial charge in [-0.05, 0) is 0 Å². The van der Waals surface area contributed by atoms with Gasteiger partial charge in [0.15, 0.2) is 18.9 Å². The van der Waals surface area contributed by atoms with Crippen LogP contribution in [-0.2, 0) is 21.1 Å². The van der Waals surface area contributed by atoms with Crippen molar-refractivity contribution in [3.63, 3.8) is 0 Å². The van der Waals surface area contributed by atoms with Gasteiger partial charge >= 0.3 is 10.4 Å². The molecular formula is C8H12NO4S+. The van der Waals surface area contributed by atoms with Crippen molar-refractivity contribution in [1.29, 1.82) is 0 Å². The van der Waals surface area contributed by atoms with Crippen molar-refractivity contribution >= 4 is 10.4 Å². The van der Waals surface area contributed by atoms with Gasteiger partial charge in [-0.25, -0.2) is 8.75 Å². The summed E-state index contributed by atoms with van der Waals surface area (Å²) < 4.78 is 34.7. The zero-order valence-electron chi connectivity index (χ0n) is 7.54. The van der Waals surface area contributed by atoms with Crippen LogP contribution in [-0.4, -0.2) is 19.6 Å². The van der Waals surface area contributed by atoms with Crippen LogP contribution in [0.15, 0.2) is 30.6 Å². The Balaban J connectivity index is 2.23. The first-order valence-electron chi connectivity index (χ1n) is 4.14. The minimum Gasteiger partial charge on any atom is -0.264 e. The van der Waals surface area contributed by atoms with Crippen LogP contribution in [0.5, 0.6) is 0 Å². The fourth-order valence-corrected chi connectivity index (χ4v) is 1.32. The molecule has 0 fully saturated rings. The third-order valence-corrected chi connectivity index (χ3v) is 2.03. The van der Waals surface area contributed by atoms with Crippen LogP contribution < -0.4 is 4.57 Å². The predicted molar refractivity (Wildman–Crippen MR) is 48.8 cm³/mol. The van der Waals surface area contributed by atoms with Crippen LogP contribution in [0.2, 0.25) is 0 Å². The maximum absolute atomic E-state index is 10.2. The van der Waals surface area contributed by atoms with Gasteiger partial charge in [-0.1, -0.05) is 6.07 Å². The minimum atomic E-state index is -4.29. The Kier molecular flexibility index (Phi) is 3.99. The second-order valence-electron chi connectivity index (χ2n) is 2.72. The van der Waals surface area contributed by atoms with E-state index in [2.05, 4.69) is 4.18 Å². The van der Waals surface area contributed by atoms with E-state index in [1.54, 1.807) is 0 Å². The van der Waals surface area contributed by atoms with Crippen molar-refractivity contribution in [3.05, 3.63) is 30.6 Å². The van der Waals surface area contributed by atoms with E-state index in [9.17, 15) is 8.42 Å². The molecule has 1 aromatic rings. The third kappa shape index (κ3) is 4.90. The van der Waals surface area contributed by atoms with E-state index in [0.717, 1.165) is 0 Å². The molecule has 1 aromatic heterocycles. The van der Waals surface area contributed by atoms with Gasteiger partial charge in [0, 0.05) is 18.6 Å². The molecular weight excluding hydrogens is 206 g/mol. The van der Waals surface area contributed by atoms with Crippen molar-refractivity contribution in [3.8, 4) is 0 Å². The van der Waals surface area contributed by atoms with E-state index in [1.807, 2.05) is 35.2 Å². The lowest BCUT2D eigenvalue weighted by atomic mass is 10.4. The number of hydrogen-bond donors (Lipinski definition) is 1. The summed E-state index contributed by atoms with van der Waals surface area (Å²) in [5, 5.41) is 0. The Morgan fingerprint density at radius 1 is 1.21 bits per heavy atom. The Bertz CT molecular complexity index is 362. The lowest BCUT2D eigenvalue weighted by Gasteiger charge is -1.97. The van der Waals surface area contributed by atoms with Gasteiger partial charge in [0.1, 0.15) is 0 Å². The van der Waals surface area contributed by atoms with Crippen LogP contribution >= 0.6 is 0 Å². The molecule has 1 heterocycles. The predicted octanol–water partition coefficient (Wildman–Crippen LogP) is 0.184. The Morgan fingerprint density at radius 2 is 1.86 bits per heavy atom. The standard InChI is InChI=1S/C8H11NO4S/c10-14(11,12)13-8-4-7-9-5-2-1-3-6-9/h1-3,5-6H,4,7-8H2/p+1. The third-order valence-electron chi connectivity index (χ3n) is 1.57. The topological polar surface area (TPSA) is 67.5 Å². The molecule has 0 spiro atoms. The highest BCUT2D eigenvalue weighted by Gasteiger charge is 2.04. The Morgan fingerprint density at radius 3 is 2.43 bits per heavy atom. The molecule has 0 aliphatic carbocycles. The van der Waals surface area contributed by atoms with E-state index in [4.69, 9.17) is 4.55 Å². The van der Waals surface area contributed by atoms with Crippen molar-refractivity contribution in [2.45, 2.75) is 13.0 Å². The van der Waals surface area contributed by atoms with Crippen molar-refractivity contribution in [1.82, 2.24) is 0 Å². The average Bonchev–Trinajstić information content (AvgIpc) is 2.13. The largest absolute Gasteiger partial charge is 0.397 e. The fourth-order valence-electron chi connectivity index (χ4n) is 0.995. The van der Waals surface area contributed by atoms with Gasteiger partial charge in [-0.2, -0.15) is 8.42 Å². The summed E-state index contributed by atoms with van der Waals surface area (Å²) in [6.07, 6.45) is 4.26. The second-order valence-corrected chi connectivity index (χ2v) is 3.81. The Labute approximate surface area is 82.9 Å². The van der Waals surface area contributed by atoms with Crippen molar-refractivity contribution < 1.29 is 21.7 Å². The van der Waals surface area contributed by atoms with Gasteiger partial charge in [-0.15, -0.1) is 0 Å². The number of pyridine rings is 1. The van der Waals surface area contributed by atoms with Gasteiger partial charge in [0.05, 0.1) is 6.61 Å². The van der Waals surface area contributed by atoms with E-state index in [0.29, 0.717) is 13.0 Å².